The number of rotatable bonds is 7. The SMILES string of the molecule is Cc1ccc(NC(=O)CSc2nnc(CNc3c(C)cccc3C)n2C)cc1Cl. The second kappa shape index (κ2) is 9.33. The van der Waals surface area contributed by atoms with Gasteiger partial charge in [-0.2, -0.15) is 0 Å². The van der Waals surface area contributed by atoms with Crippen molar-refractivity contribution in [3.05, 3.63) is 63.9 Å². The van der Waals surface area contributed by atoms with Gasteiger partial charge in [-0.05, 0) is 49.6 Å². The predicted molar refractivity (Wildman–Crippen MR) is 120 cm³/mol. The van der Waals surface area contributed by atoms with Crippen molar-refractivity contribution in [1.29, 1.82) is 0 Å². The zero-order valence-corrected chi connectivity index (χ0v) is 18.5. The lowest BCUT2D eigenvalue weighted by Crippen LogP contribution is -2.14. The number of thioether (sulfide) groups is 1. The van der Waals surface area contributed by atoms with Gasteiger partial charge in [-0.15, -0.1) is 10.2 Å². The van der Waals surface area contributed by atoms with E-state index in [0.29, 0.717) is 22.4 Å². The van der Waals surface area contributed by atoms with Crippen LogP contribution in [0.15, 0.2) is 41.6 Å². The Morgan fingerprint density at radius 2 is 1.83 bits per heavy atom. The Bertz CT molecular complexity index is 1010. The number of aromatic nitrogens is 3. The molecule has 2 aromatic carbocycles. The minimum atomic E-state index is -0.117. The van der Waals surface area contributed by atoms with Gasteiger partial charge in [-0.1, -0.05) is 47.6 Å². The van der Waals surface area contributed by atoms with E-state index in [2.05, 4.69) is 46.8 Å². The molecule has 0 atom stereocenters. The van der Waals surface area contributed by atoms with Gasteiger partial charge in [0, 0.05) is 23.4 Å². The number of nitrogens with one attached hydrogen (secondary N) is 2. The molecule has 0 aliphatic carbocycles. The van der Waals surface area contributed by atoms with Crippen LogP contribution in [0.1, 0.15) is 22.5 Å². The molecule has 152 valence electrons. The Balaban J connectivity index is 1.56. The summed E-state index contributed by atoms with van der Waals surface area (Å²) in [6.07, 6.45) is 0. The predicted octanol–water partition coefficient (Wildman–Crippen LogP) is 4.74. The van der Waals surface area contributed by atoms with Crippen LogP contribution in [-0.4, -0.2) is 26.4 Å². The number of para-hydroxylation sites is 1. The smallest absolute Gasteiger partial charge is 0.234 e. The lowest BCUT2D eigenvalue weighted by atomic mass is 10.1. The van der Waals surface area contributed by atoms with E-state index in [0.717, 1.165) is 17.1 Å². The Labute approximate surface area is 180 Å². The van der Waals surface area contributed by atoms with Gasteiger partial charge in [0.05, 0.1) is 12.3 Å². The van der Waals surface area contributed by atoms with Crippen molar-refractivity contribution in [2.24, 2.45) is 7.05 Å². The molecule has 0 radical (unpaired) electrons. The van der Waals surface area contributed by atoms with Gasteiger partial charge in [0.25, 0.3) is 0 Å². The summed E-state index contributed by atoms with van der Waals surface area (Å²) < 4.78 is 1.90. The summed E-state index contributed by atoms with van der Waals surface area (Å²) in [5, 5.41) is 16.1. The number of hydrogen-bond acceptors (Lipinski definition) is 5. The fourth-order valence-electron chi connectivity index (χ4n) is 2.88. The van der Waals surface area contributed by atoms with E-state index in [1.54, 1.807) is 6.07 Å². The largest absolute Gasteiger partial charge is 0.377 e. The number of aryl methyl sites for hydroxylation is 3. The molecule has 3 rings (SSSR count). The van der Waals surface area contributed by atoms with Crippen LogP contribution in [0.2, 0.25) is 5.02 Å². The molecule has 29 heavy (non-hydrogen) atoms. The second-order valence-corrected chi connectivity index (χ2v) is 8.23. The lowest BCUT2D eigenvalue weighted by Gasteiger charge is -2.12. The molecule has 6 nitrogen and oxygen atoms in total. The fourth-order valence-corrected chi connectivity index (χ4v) is 3.79. The Morgan fingerprint density at radius 1 is 1.10 bits per heavy atom. The zero-order chi connectivity index (χ0) is 21.0. The molecule has 0 aliphatic heterocycles. The first-order valence-electron chi connectivity index (χ1n) is 9.22. The lowest BCUT2D eigenvalue weighted by molar-refractivity contribution is -0.113. The Morgan fingerprint density at radius 3 is 2.52 bits per heavy atom. The number of amides is 1. The van der Waals surface area contributed by atoms with E-state index in [1.165, 1.54) is 22.9 Å². The van der Waals surface area contributed by atoms with Crippen molar-refractivity contribution in [3.63, 3.8) is 0 Å². The van der Waals surface area contributed by atoms with Gasteiger partial charge < -0.3 is 15.2 Å². The van der Waals surface area contributed by atoms with Crippen LogP contribution in [0, 0.1) is 20.8 Å². The molecular weight excluding hydrogens is 406 g/mol. The van der Waals surface area contributed by atoms with E-state index >= 15 is 0 Å². The van der Waals surface area contributed by atoms with Gasteiger partial charge in [-0.3, -0.25) is 4.79 Å². The van der Waals surface area contributed by atoms with Crippen molar-refractivity contribution in [3.8, 4) is 0 Å². The summed E-state index contributed by atoms with van der Waals surface area (Å²) in [6.45, 7) is 6.63. The third kappa shape index (κ3) is 5.31. The Kier molecular flexibility index (Phi) is 6.82. The molecule has 3 aromatic rings. The quantitative estimate of drug-likeness (QED) is 0.531. The van der Waals surface area contributed by atoms with Crippen molar-refractivity contribution in [2.45, 2.75) is 32.5 Å². The number of anilines is 2. The van der Waals surface area contributed by atoms with Crippen molar-refractivity contribution in [2.75, 3.05) is 16.4 Å². The molecular formula is C21H24ClN5OS. The number of nitrogens with zero attached hydrogens (tertiary/aromatic N) is 3. The van der Waals surface area contributed by atoms with Gasteiger partial charge in [-0.25, -0.2) is 0 Å². The van der Waals surface area contributed by atoms with Crippen molar-refractivity contribution in [1.82, 2.24) is 14.8 Å². The van der Waals surface area contributed by atoms with E-state index < -0.39 is 0 Å². The molecule has 8 heteroatoms. The normalized spacial score (nSPS) is 10.8. The number of carbonyl (C=O) groups is 1. The molecule has 0 spiro atoms. The first kappa shape index (κ1) is 21.2. The van der Waals surface area contributed by atoms with Crippen LogP contribution in [0.25, 0.3) is 0 Å². The Hall–Kier alpha value is -2.51. The molecule has 1 amide bonds. The third-order valence-electron chi connectivity index (χ3n) is 4.62. The second-order valence-electron chi connectivity index (χ2n) is 6.88. The molecule has 0 saturated heterocycles. The van der Waals surface area contributed by atoms with Crippen LogP contribution < -0.4 is 10.6 Å². The molecule has 0 aliphatic rings. The van der Waals surface area contributed by atoms with Crippen LogP contribution in [0.3, 0.4) is 0 Å². The zero-order valence-electron chi connectivity index (χ0n) is 16.9. The number of benzene rings is 2. The highest BCUT2D eigenvalue weighted by atomic mass is 35.5. The van der Waals surface area contributed by atoms with Crippen LogP contribution in [0.4, 0.5) is 11.4 Å². The first-order chi connectivity index (χ1) is 13.8. The van der Waals surface area contributed by atoms with Gasteiger partial charge in [0.1, 0.15) is 0 Å². The number of hydrogen-bond donors (Lipinski definition) is 2. The summed E-state index contributed by atoms with van der Waals surface area (Å²) in [5.74, 6) is 0.927. The minimum absolute atomic E-state index is 0.117. The summed E-state index contributed by atoms with van der Waals surface area (Å²) in [6, 6.07) is 11.7. The molecule has 1 heterocycles. The maximum absolute atomic E-state index is 12.2. The molecule has 2 N–H and O–H groups in total. The molecule has 0 unspecified atom stereocenters. The van der Waals surface area contributed by atoms with Gasteiger partial charge >= 0.3 is 0 Å². The highest BCUT2D eigenvalue weighted by Crippen LogP contribution is 2.22. The average Bonchev–Trinajstić information content (AvgIpc) is 3.02. The van der Waals surface area contributed by atoms with Crippen LogP contribution >= 0.6 is 23.4 Å². The summed E-state index contributed by atoms with van der Waals surface area (Å²) in [7, 11) is 1.90. The number of carbonyl (C=O) groups excluding carboxylic acids is 1. The molecule has 0 bridgehead atoms. The van der Waals surface area contributed by atoms with Crippen LogP contribution in [-0.2, 0) is 18.4 Å². The molecule has 1 aromatic heterocycles. The average molecular weight is 430 g/mol. The van der Waals surface area contributed by atoms with E-state index in [4.69, 9.17) is 11.6 Å². The van der Waals surface area contributed by atoms with E-state index in [-0.39, 0.29) is 11.7 Å². The summed E-state index contributed by atoms with van der Waals surface area (Å²) in [4.78, 5) is 12.2. The summed E-state index contributed by atoms with van der Waals surface area (Å²) >= 11 is 7.45. The molecule has 0 saturated carbocycles. The van der Waals surface area contributed by atoms with Crippen molar-refractivity contribution >= 4 is 40.6 Å². The maximum Gasteiger partial charge on any atom is 0.234 e. The topological polar surface area (TPSA) is 71.8 Å². The van der Waals surface area contributed by atoms with Gasteiger partial charge in [0.2, 0.25) is 5.91 Å². The first-order valence-corrected chi connectivity index (χ1v) is 10.6. The molecule has 0 fully saturated rings. The van der Waals surface area contributed by atoms with Crippen LogP contribution in [0.5, 0.6) is 0 Å². The highest BCUT2D eigenvalue weighted by molar-refractivity contribution is 7.99. The highest BCUT2D eigenvalue weighted by Gasteiger charge is 2.12. The van der Waals surface area contributed by atoms with Crippen molar-refractivity contribution < 1.29 is 4.79 Å². The standard InChI is InChI=1S/C21H24ClN5OS/c1-13-8-9-16(10-17(13)22)24-19(28)12-29-21-26-25-18(27(21)4)11-23-20-14(2)6-5-7-15(20)3/h5-10,23H,11-12H2,1-4H3,(H,24,28). The van der Waals surface area contributed by atoms with E-state index in [9.17, 15) is 4.79 Å². The summed E-state index contributed by atoms with van der Waals surface area (Å²) in [5.41, 5.74) is 5.15. The fraction of sp³-hybridized carbons (Fsp3) is 0.286. The minimum Gasteiger partial charge on any atom is -0.377 e. The monoisotopic (exact) mass is 429 g/mol. The third-order valence-corrected chi connectivity index (χ3v) is 6.04. The maximum atomic E-state index is 12.2. The van der Waals surface area contributed by atoms with E-state index in [1.807, 2.05) is 36.7 Å². The number of halogens is 1. The van der Waals surface area contributed by atoms with Gasteiger partial charge in [0.15, 0.2) is 11.0 Å².